The summed E-state index contributed by atoms with van der Waals surface area (Å²) in [5.74, 6) is 0.634. The lowest BCUT2D eigenvalue weighted by atomic mass is 10.2. The lowest BCUT2D eigenvalue weighted by Crippen LogP contribution is -2.11. The van der Waals surface area contributed by atoms with Gasteiger partial charge in [0.05, 0.1) is 15.8 Å². The minimum absolute atomic E-state index is 0.0278. The molecule has 0 aliphatic rings. The molecule has 104 valence electrons. The molecule has 0 spiro atoms. The van der Waals surface area contributed by atoms with Gasteiger partial charge in [0.25, 0.3) is 5.69 Å². The van der Waals surface area contributed by atoms with Crippen LogP contribution in [0.2, 0.25) is 0 Å². The van der Waals surface area contributed by atoms with E-state index in [9.17, 15) is 10.1 Å². The van der Waals surface area contributed by atoms with Crippen LogP contribution >= 0.6 is 0 Å². The van der Waals surface area contributed by atoms with Crippen molar-refractivity contribution in [2.45, 2.75) is 0 Å². The van der Waals surface area contributed by atoms with E-state index >= 15 is 0 Å². The van der Waals surface area contributed by atoms with Gasteiger partial charge in [0.1, 0.15) is 12.1 Å². The predicted molar refractivity (Wildman–Crippen MR) is 80.7 cm³/mol. The Morgan fingerprint density at radius 1 is 1.10 bits per heavy atom. The van der Waals surface area contributed by atoms with Gasteiger partial charge in [-0.2, -0.15) is 0 Å². The van der Waals surface area contributed by atoms with Crippen LogP contribution in [0.5, 0.6) is 0 Å². The summed E-state index contributed by atoms with van der Waals surface area (Å²) in [6.45, 7) is 0. The molecule has 0 atom stereocenters. The Morgan fingerprint density at radius 2 is 1.86 bits per heavy atom. The molecule has 0 radical (unpaired) electrons. The van der Waals surface area contributed by atoms with Crippen molar-refractivity contribution in [3.05, 3.63) is 65.0 Å². The van der Waals surface area contributed by atoms with Crippen LogP contribution in [0.1, 0.15) is 0 Å². The third-order valence-electron chi connectivity index (χ3n) is 3.27. The standard InChI is InChI=1S/C15H12N4O2/c1-18(11-5-3-2-4-6-11)15-13-9-12(19(20)21)7-8-14(13)16-10-17-15/h2-10H,1H3. The number of anilines is 2. The molecule has 0 bridgehead atoms. The van der Waals surface area contributed by atoms with E-state index in [0.717, 1.165) is 5.69 Å². The first-order chi connectivity index (χ1) is 10.2. The largest absolute Gasteiger partial charge is 0.329 e. The van der Waals surface area contributed by atoms with Crippen LogP contribution < -0.4 is 4.90 Å². The van der Waals surface area contributed by atoms with Gasteiger partial charge >= 0.3 is 0 Å². The number of rotatable bonds is 3. The minimum atomic E-state index is -0.418. The number of para-hydroxylation sites is 1. The SMILES string of the molecule is CN(c1ccccc1)c1ncnc2ccc([N+](=O)[O-])cc12. The number of aromatic nitrogens is 2. The van der Waals surface area contributed by atoms with Crippen LogP contribution in [0.25, 0.3) is 10.9 Å². The zero-order valence-electron chi connectivity index (χ0n) is 11.3. The molecule has 3 aromatic rings. The fourth-order valence-electron chi connectivity index (χ4n) is 2.19. The first kappa shape index (κ1) is 13.0. The number of benzene rings is 2. The van der Waals surface area contributed by atoms with Crippen molar-refractivity contribution < 1.29 is 4.92 Å². The van der Waals surface area contributed by atoms with Gasteiger partial charge in [-0.15, -0.1) is 0 Å². The van der Waals surface area contributed by atoms with E-state index in [2.05, 4.69) is 9.97 Å². The third-order valence-corrected chi connectivity index (χ3v) is 3.27. The Kier molecular flexibility index (Phi) is 3.19. The molecule has 2 aromatic carbocycles. The van der Waals surface area contributed by atoms with Gasteiger partial charge < -0.3 is 4.90 Å². The Morgan fingerprint density at radius 3 is 2.57 bits per heavy atom. The molecule has 0 saturated heterocycles. The van der Waals surface area contributed by atoms with Crippen LogP contribution in [-0.4, -0.2) is 21.9 Å². The second kappa shape index (κ2) is 5.16. The highest BCUT2D eigenvalue weighted by Crippen LogP contribution is 2.30. The summed E-state index contributed by atoms with van der Waals surface area (Å²) < 4.78 is 0. The number of nitro groups is 1. The zero-order chi connectivity index (χ0) is 14.8. The van der Waals surface area contributed by atoms with Gasteiger partial charge in [0, 0.05) is 24.9 Å². The van der Waals surface area contributed by atoms with Crippen molar-refractivity contribution >= 4 is 28.1 Å². The topological polar surface area (TPSA) is 72.2 Å². The van der Waals surface area contributed by atoms with Crippen molar-refractivity contribution in [3.8, 4) is 0 Å². The highest BCUT2D eigenvalue weighted by Gasteiger charge is 2.14. The first-order valence-corrected chi connectivity index (χ1v) is 6.35. The van der Waals surface area contributed by atoms with E-state index in [1.54, 1.807) is 6.07 Å². The highest BCUT2D eigenvalue weighted by atomic mass is 16.6. The fourth-order valence-corrected chi connectivity index (χ4v) is 2.19. The van der Waals surface area contributed by atoms with E-state index in [0.29, 0.717) is 16.7 Å². The van der Waals surface area contributed by atoms with E-state index in [1.807, 2.05) is 42.3 Å². The van der Waals surface area contributed by atoms with Crippen LogP contribution in [0.3, 0.4) is 0 Å². The maximum absolute atomic E-state index is 10.9. The smallest absolute Gasteiger partial charge is 0.270 e. The average Bonchev–Trinajstić information content (AvgIpc) is 2.54. The first-order valence-electron chi connectivity index (χ1n) is 6.35. The van der Waals surface area contributed by atoms with Crippen LogP contribution in [0.4, 0.5) is 17.2 Å². The molecule has 0 saturated carbocycles. The summed E-state index contributed by atoms with van der Waals surface area (Å²) in [5.41, 5.74) is 1.65. The zero-order valence-corrected chi connectivity index (χ0v) is 11.3. The number of fused-ring (bicyclic) bond motifs is 1. The van der Waals surface area contributed by atoms with Crippen molar-refractivity contribution in [1.82, 2.24) is 9.97 Å². The van der Waals surface area contributed by atoms with Gasteiger partial charge in [0.15, 0.2) is 0 Å². The molecule has 0 N–H and O–H groups in total. The summed E-state index contributed by atoms with van der Waals surface area (Å²) in [6.07, 6.45) is 1.46. The van der Waals surface area contributed by atoms with Gasteiger partial charge in [0.2, 0.25) is 0 Å². The Labute approximate surface area is 120 Å². The monoisotopic (exact) mass is 280 g/mol. The van der Waals surface area contributed by atoms with E-state index < -0.39 is 4.92 Å². The van der Waals surface area contributed by atoms with E-state index in [4.69, 9.17) is 0 Å². The number of hydrogen-bond donors (Lipinski definition) is 0. The second-order valence-electron chi connectivity index (χ2n) is 4.55. The van der Waals surface area contributed by atoms with Crippen molar-refractivity contribution in [1.29, 1.82) is 0 Å². The quantitative estimate of drug-likeness (QED) is 0.543. The molecule has 6 heteroatoms. The van der Waals surface area contributed by atoms with Gasteiger partial charge in [-0.1, -0.05) is 18.2 Å². The maximum Gasteiger partial charge on any atom is 0.270 e. The van der Waals surface area contributed by atoms with Crippen LogP contribution in [0, 0.1) is 10.1 Å². The molecule has 21 heavy (non-hydrogen) atoms. The van der Waals surface area contributed by atoms with Gasteiger partial charge in [-0.3, -0.25) is 10.1 Å². The molecule has 1 heterocycles. The molecular formula is C15H12N4O2. The van der Waals surface area contributed by atoms with Crippen molar-refractivity contribution in [2.75, 3.05) is 11.9 Å². The molecular weight excluding hydrogens is 268 g/mol. The summed E-state index contributed by atoms with van der Waals surface area (Å²) in [6, 6.07) is 14.3. The van der Waals surface area contributed by atoms with Crippen molar-refractivity contribution in [2.24, 2.45) is 0 Å². The van der Waals surface area contributed by atoms with Gasteiger partial charge in [-0.25, -0.2) is 9.97 Å². The normalized spacial score (nSPS) is 10.5. The highest BCUT2D eigenvalue weighted by molar-refractivity contribution is 5.92. The summed E-state index contributed by atoms with van der Waals surface area (Å²) >= 11 is 0. The lowest BCUT2D eigenvalue weighted by Gasteiger charge is -2.19. The molecule has 1 aromatic heterocycles. The second-order valence-corrected chi connectivity index (χ2v) is 4.55. The Balaban J connectivity index is 2.18. The third kappa shape index (κ3) is 2.38. The molecule has 0 unspecified atom stereocenters. The van der Waals surface area contributed by atoms with Crippen LogP contribution in [0.15, 0.2) is 54.9 Å². The summed E-state index contributed by atoms with van der Waals surface area (Å²) in [5, 5.41) is 11.6. The number of hydrogen-bond acceptors (Lipinski definition) is 5. The number of nitro benzene ring substituents is 1. The fraction of sp³-hybridized carbons (Fsp3) is 0.0667. The van der Waals surface area contributed by atoms with E-state index in [1.165, 1.54) is 18.5 Å². The maximum atomic E-state index is 10.9. The minimum Gasteiger partial charge on any atom is -0.329 e. The van der Waals surface area contributed by atoms with Crippen LogP contribution in [-0.2, 0) is 0 Å². The lowest BCUT2D eigenvalue weighted by molar-refractivity contribution is -0.384. The van der Waals surface area contributed by atoms with E-state index in [-0.39, 0.29) is 5.69 Å². The molecule has 0 amide bonds. The number of non-ortho nitro benzene ring substituents is 1. The average molecular weight is 280 g/mol. The molecule has 0 fully saturated rings. The van der Waals surface area contributed by atoms with Crippen molar-refractivity contribution in [3.63, 3.8) is 0 Å². The predicted octanol–water partition coefficient (Wildman–Crippen LogP) is 3.31. The summed E-state index contributed by atoms with van der Waals surface area (Å²) in [4.78, 5) is 20.8. The molecule has 3 rings (SSSR count). The Hall–Kier alpha value is -3.02. The number of nitrogens with zero attached hydrogens (tertiary/aromatic N) is 4. The Bertz CT molecular complexity index is 805. The molecule has 0 aliphatic heterocycles. The molecule has 0 aliphatic carbocycles. The molecule has 6 nitrogen and oxygen atoms in total. The van der Waals surface area contributed by atoms with Gasteiger partial charge in [-0.05, 0) is 18.2 Å². The summed E-state index contributed by atoms with van der Waals surface area (Å²) in [7, 11) is 1.87.